The van der Waals surface area contributed by atoms with Crippen LogP contribution in [0.3, 0.4) is 0 Å². The second kappa shape index (κ2) is 11.1. The second-order valence-electron chi connectivity index (χ2n) is 8.37. The Kier molecular flexibility index (Phi) is 7.22. The Hall–Kier alpha value is -5.52. The molecule has 2 heterocycles. The molecule has 0 aliphatic heterocycles. The molecule has 0 aliphatic rings. The first-order valence-corrected chi connectivity index (χ1v) is 12.1. The Bertz CT molecular complexity index is 1840. The van der Waals surface area contributed by atoms with Crippen LogP contribution < -0.4 is 15.0 Å². The van der Waals surface area contributed by atoms with Crippen LogP contribution in [0, 0.1) is 10.1 Å². The van der Waals surface area contributed by atoms with Gasteiger partial charge in [-0.25, -0.2) is 9.78 Å². The molecule has 0 aliphatic carbocycles. The number of fused-ring (bicyclic) bond motifs is 2. The number of nitro benzene ring substituents is 1. The van der Waals surface area contributed by atoms with Crippen molar-refractivity contribution in [3.63, 3.8) is 0 Å². The maximum Gasteiger partial charge on any atom is 0.344 e. The van der Waals surface area contributed by atoms with E-state index < -0.39 is 23.1 Å². The van der Waals surface area contributed by atoms with Crippen molar-refractivity contribution in [3.05, 3.63) is 92.8 Å². The third kappa shape index (κ3) is 5.10. The van der Waals surface area contributed by atoms with Crippen LogP contribution in [-0.4, -0.2) is 47.1 Å². The lowest BCUT2D eigenvalue weighted by Gasteiger charge is -2.10. The van der Waals surface area contributed by atoms with Crippen LogP contribution in [0.2, 0.25) is 0 Å². The van der Waals surface area contributed by atoms with Crippen LogP contribution in [0.25, 0.3) is 33.5 Å². The number of para-hydroxylation sites is 1. The molecule has 0 spiro atoms. The number of aromatic nitrogens is 2. The maximum atomic E-state index is 13.6. The van der Waals surface area contributed by atoms with Crippen molar-refractivity contribution in [1.29, 1.82) is 0 Å². The van der Waals surface area contributed by atoms with Gasteiger partial charge in [-0.3, -0.25) is 14.9 Å². The van der Waals surface area contributed by atoms with Crippen molar-refractivity contribution in [1.82, 2.24) is 9.66 Å². The summed E-state index contributed by atoms with van der Waals surface area (Å²) in [5.74, 6) is 0.432. The summed E-state index contributed by atoms with van der Waals surface area (Å²) in [6, 6.07) is 17.5. The molecule has 0 fully saturated rings. The van der Waals surface area contributed by atoms with E-state index in [9.17, 15) is 19.7 Å². The topological polar surface area (TPSA) is 148 Å². The lowest BCUT2D eigenvalue weighted by atomic mass is 10.2. The fourth-order valence-corrected chi connectivity index (χ4v) is 4.05. The molecule has 40 heavy (non-hydrogen) atoms. The first-order valence-electron chi connectivity index (χ1n) is 12.1. The van der Waals surface area contributed by atoms with Gasteiger partial charge in [0.05, 0.1) is 41.1 Å². The molecule has 12 heteroatoms. The molecule has 0 unspecified atom stereocenters. The van der Waals surface area contributed by atoms with E-state index in [4.69, 9.17) is 18.6 Å². The van der Waals surface area contributed by atoms with Crippen LogP contribution in [-0.2, 0) is 9.53 Å². The predicted octanol–water partition coefficient (Wildman–Crippen LogP) is 4.55. The third-order valence-electron chi connectivity index (χ3n) is 5.88. The molecule has 5 rings (SSSR count). The number of non-ortho nitro benzene ring substituents is 1. The average Bonchev–Trinajstić information content (AvgIpc) is 3.40. The number of nitrogens with zero attached hydrogens (tertiary/aromatic N) is 4. The molecule has 0 bridgehead atoms. The van der Waals surface area contributed by atoms with Crippen molar-refractivity contribution in [2.75, 3.05) is 20.3 Å². The van der Waals surface area contributed by atoms with Gasteiger partial charge in [-0.1, -0.05) is 18.2 Å². The number of furan rings is 1. The largest absolute Gasteiger partial charge is 0.496 e. The number of hydrogen-bond donors (Lipinski definition) is 0. The van der Waals surface area contributed by atoms with Gasteiger partial charge in [-0.05, 0) is 43.3 Å². The van der Waals surface area contributed by atoms with E-state index in [1.54, 1.807) is 55.5 Å². The van der Waals surface area contributed by atoms with Gasteiger partial charge < -0.3 is 18.6 Å². The molecular weight excluding hydrogens is 520 g/mol. The van der Waals surface area contributed by atoms with Crippen LogP contribution in [0.5, 0.6) is 11.5 Å². The molecule has 0 amide bonds. The highest BCUT2D eigenvalue weighted by Gasteiger charge is 2.19. The van der Waals surface area contributed by atoms with E-state index in [1.807, 2.05) is 0 Å². The van der Waals surface area contributed by atoms with E-state index in [0.717, 1.165) is 4.68 Å². The molecule has 0 radical (unpaired) electrons. The highest BCUT2D eigenvalue weighted by atomic mass is 16.6. The molecule has 0 atom stereocenters. The fourth-order valence-electron chi connectivity index (χ4n) is 4.05. The molecule has 0 N–H and O–H groups in total. The Labute approximate surface area is 226 Å². The van der Waals surface area contributed by atoms with Gasteiger partial charge in [0.15, 0.2) is 12.4 Å². The zero-order chi connectivity index (χ0) is 28.2. The number of ether oxygens (including phenoxy) is 3. The van der Waals surface area contributed by atoms with Gasteiger partial charge in [-0.15, -0.1) is 0 Å². The number of benzene rings is 3. The summed E-state index contributed by atoms with van der Waals surface area (Å²) in [5.41, 5.74) is 0.355. The van der Waals surface area contributed by atoms with E-state index in [1.165, 1.54) is 31.5 Å². The summed E-state index contributed by atoms with van der Waals surface area (Å²) in [5, 5.41) is 16.7. The van der Waals surface area contributed by atoms with Gasteiger partial charge in [0.25, 0.3) is 11.2 Å². The number of esters is 1. The van der Waals surface area contributed by atoms with E-state index in [2.05, 4.69) is 10.1 Å². The van der Waals surface area contributed by atoms with Crippen LogP contribution in [0.4, 0.5) is 5.69 Å². The zero-order valence-corrected chi connectivity index (χ0v) is 21.4. The summed E-state index contributed by atoms with van der Waals surface area (Å²) in [7, 11) is 1.54. The number of carbonyl (C=O) groups excluding carboxylic acids is 1. The molecule has 0 saturated heterocycles. The van der Waals surface area contributed by atoms with Gasteiger partial charge >= 0.3 is 5.97 Å². The van der Waals surface area contributed by atoms with E-state index in [-0.39, 0.29) is 35.2 Å². The smallest absolute Gasteiger partial charge is 0.344 e. The Morgan fingerprint density at radius 3 is 2.70 bits per heavy atom. The van der Waals surface area contributed by atoms with Crippen LogP contribution in [0.15, 0.2) is 81.0 Å². The molecular formula is C28H22N4O8. The Morgan fingerprint density at radius 2 is 1.93 bits per heavy atom. The summed E-state index contributed by atoms with van der Waals surface area (Å²) in [6.07, 6.45) is 1.22. The zero-order valence-electron chi connectivity index (χ0n) is 21.4. The van der Waals surface area contributed by atoms with Crippen molar-refractivity contribution in [2.45, 2.75) is 6.92 Å². The van der Waals surface area contributed by atoms with Crippen molar-refractivity contribution in [3.8, 4) is 23.1 Å². The van der Waals surface area contributed by atoms with Gasteiger partial charge in [0.1, 0.15) is 17.1 Å². The Balaban J connectivity index is 1.65. The normalized spacial score (nSPS) is 11.2. The predicted molar refractivity (Wildman–Crippen MR) is 146 cm³/mol. The monoisotopic (exact) mass is 542 g/mol. The molecule has 12 nitrogen and oxygen atoms in total. The number of nitro groups is 1. The molecule has 202 valence electrons. The number of carbonyl (C=O) groups is 1. The van der Waals surface area contributed by atoms with Gasteiger partial charge in [0, 0.05) is 17.7 Å². The second-order valence-corrected chi connectivity index (χ2v) is 8.37. The first kappa shape index (κ1) is 26.1. The molecule has 5 aromatic rings. The standard InChI is InChI=1S/C28H22N4O8/c1-3-38-26(33)16-39-22-12-11-18(32(35)36)13-17(22)15-29-31-27(30-21-8-5-4-7-19(21)28(31)34)25-14-20-23(37-2)9-6-10-24(20)40-25/h4-15H,3,16H2,1-2H3. The van der Waals surface area contributed by atoms with E-state index >= 15 is 0 Å². The minimum absolute atomic E-state index is 0.0950. The van der Waals surface area contributed by atoms with Gasteiger partial charge in [0.2, 0.25) is 5.82 Å². The first-order chi connectivity index (χ1) is 19.4. The van der Waals surface area contributed by atoms with Crippen molar-refractivity contribution < 1.29 is 28.3 Å². The molecule has 0 saturated carbocycles. The lowest BCUT2D eigenvalue weighted by Crippen LogP contribution is -2.20. The number of methoxy groups -OCH3 is 1. The average molecular weight is 543 g/mol. The number of hydrogen-bond acceptors (Lipinski definition) is 10. The third-order valence-corrected chi connectivity index (χ3v) is 5.88. The maximum absolute atomic E-state index is 13.6. The summed E-state index contributed by atoms with van der Waals surface area (Å²) in [6.45, 7) is 1.41. The number of rotatable bonds is 9. The molecule has 3 aromatic carbocycles. The van der Waals surface area contributed by atoms with Crippen LogP contribution >= 0.6 is 0 Å². The highest BCUT2D eigenvalue weighted by Crippen LogP contribution is 2.33. The Morgan fingerprint density at radius 1 is 1.10 bits per heavy atom. The summed E-state index contributed by atoms with van der Waals surface area (Å²) >= 11 is 0. The van der Waals surface area contributed by atoms with Crippen molar-refractivity contribution in [2.24, 2.45) is 5.10 Å². The minimum Gasteiger partial charge on any atom is -0.496 e. The summed E-state index contributed by atoms with van der Waals surface area (Å²) in [4.78, 5) is 40.9. The summed E-state index contributed by atoms with van der Waals surface area (Å²) < 4.78 is 22.9. The fraction of sp³-hybridized carbons (Fsp3) is 0.143. The van der Waals surface area contributed by atoms with E-state index in [0.29, 0.717) is 27.6 Å². The lowest BCUT2D eigenvalue weighted by molar-refractivity contribution is -0.384. The van der Waals surface area contributed by atoms with Crippen molar-refractivity contribution >= 4 is 39.7 Å². The molecule has 2 aromatic heterocycles. The van der Waals surface area contributed by atoms with Gasteiger partial charge in [-0.2, -0.15) is 9.78 Å². The SMILES string of the molecule is CCOC(=O)COc1ccc([N+](=O)[O-])cc1C=Nn1c(-c2cc3c(OC)cccc3o2)nc2ccccc2c1=O. The van der Waals surface area contributed by atoms with Crippen LogP contribution in [0.1, 0.15) is 12.5 Å². The highest BCUT2D eigenvalue weighted by molar-refractivity contribution is 5.89. The minimum atomic E-state index is -0.610. The quantitative estimate of drug-likeness (QED) is 0.113.